The molecule has 49 heavy (non-hydrogen) atoms. The van der Waals surface area contributed by atoms with Crippen LogP contribution < -0.4 is 0 Å². The van der Waals surface area contributed by atoms with Crippen molar-refractivity contribution in [2.75, 3.05) is 6.61 Å². The number of hydrogen-bond donors (Lipinski definition) is 0. The van der Waals surface area contributed by atoms with E-state index in [1.54, 1.807) is 5.57 Å². The van der Waals surface area contributed by atoms with Gasteiger partial charge in [0.15, 0.2) is 0 Å². The predicted molar refractivity (Wildman–Crippen MR) is 206 cm³/mol. The molecular formula is C46H72O3. The molecule has 4 aliphatic rings. The van der Waals surface area contributed by atoms with Gasteiger partial charge in [0.1, 0.15) is 6.10 Å². The Balaban J connectivity index is 0.947. The Kier molecular flexibility index (Phi) is 14.4. The first kappa shape index (κ1) is 38.2. The number of hydrogen-bond acceptors (Lipinski definition) is 3. The van der Waals surface area contributed by atoms with Crippen LogP contribution in [-0.2, 0) is 14.3 Å². The van der Waals surface area contributed by atoms with E-state index in [-0.39, 0.29) is 12.1 Å². The molecule has 0 unspecified atom stereocenters. The van der Waals surface area contributed by atoms with E-state index in [0.29, 0.717) is 17.3 Å². The van der Waals surface area contributed by atoms with Crippen molar-refractivity contribution in [3.05, 3.63) is 53.8 Å². The summed E-state index contributed by atoms with van der Waals surface area (Å²) in [5.41, 5.74) is 3.67. The summed E-state index contributed by atoms with van der Waals surface area (Å²) in [6.07, 6.45) is 31.1. The summed E-state index contributed by atoms with van der Waals surface area (Å²) in [5.74, 6) is 5.25. The third-order valence-electron chi connectivity index (χ3n) is 14.1. The normalized spacial score (nSPS) is 31.6. The minimum absolute atomic E-state index is 0.0390. The molecule has 0 bridgehead atoms. The number of ether oxygens (including phenoxy) is 2. The average Bonchev–Trinajstić information content (AvgIpc) is 3.44. The maximum atomic E-state index is 12.8. The van der Waals surface area contributed by atoms with Crippen molar-refractivity contribution in [1.82, 2.24) is 0 Å². The second-order valence-electron chi connectivity index (χ2n) is 17.8. The van der Waals surface area contributed by atoms with Gasteiger partial charge in [0, 0.05) is 12.8 Å². The Morgan fingerprint density at radius 1 is 0.837 bits per heavy atom. The molecule has 5 rings (SSSR count). The first-order valence-corrected chi connectivity index (χ1v) is 20.9. The highest BCUT2D eigenvalue weighted by Gasteiger charge is 2.59. The van der Waals surface area contributed by atoms with Gasteiger partial charge in [-0.25, -0.2) is 0 Å². The highest BCUT2D eigenvalue weighted by Crippen LogP contribution is 2.67. The molecular weight excluding hydrogens is 601 g/mol. The van der Waals surface area contributed by atoms with Crippen LogP contribution in [0.1, 0.15) is 169 Å². The van der Waals surface area contributed by atoms with Crippen LogP contribution in [0.2, 0.25) is 0 Å². The molecule has 1 aromatic rings. The first-order chi connectivity index (χ1) is 23.7. The predicted octanol–water partition coefficient (Wildman–Crippen LogP) is 13.1. The van der Waals surface area contributed by atoms with Gasteiger partial charge in [-0.3, -0.25) is 4.79 Å². The lowest BCUT2D eigenvalue weighted by Gasteiger charge is -2.58. The third-order valence-corrected chi connectivity index (χ3v) is 14.1. The molecule has 1 aromatic carbocycles. The maximum Gasteiger partial charge on any atom is 0.306 e. The lowest BCUT2D eigenvalue weighted by molar-refractivity contribution is -0.151. The molecule has 0 N–H and O–H groups in total. The zero-order valence-corrected chi connectivity index (χ0v) is 32.2. The Morgan fingerprint density at radius 3 is 2.33 bits per heavy atom. The Bertz CT molecular complexity index is 1200. The Labute approximate surface area is 301 Å². The van der Waals surface area contributed by atoms with Crippen molar-refractivity contribution >= 4 is 12.0 Å². The molecule has 3 fully saturated rings. The first-order valence-electron chi connectivity index (χ1n) is 20.9. The molecule has 0 heterocycles. The largest absolute Gasteiger partial charge is 0.501 e. The Morgan fingerprint density at radius 2 is 1.57 bits per heavy atom. The van der Waals surface area contributed by atoms with Crippen molar-refractivity contribution < 1.29 is 14.3 Å². The van der Waals surface area contributed by atoms with Crippen LogP contribution >= 0.6 is 0 Å². The summed E-state index contributed by atoms with van der Waals surface area (Å²) in [7, 11) is 0. The number of benzene rings is 1. The van der Waals surface area contributed by atoms with E-state index in [1.807, 2.05) is 30.5 Å². The fraction of sp³-hybridized carbons (Fsp3) is 0.761. The lowest BCUT2D eigenvalue weighted by atomic mass is 9.47. The molecule has 3 heteroatoms. The zero-order valence-electron chi connectivity index (χ0n) is 32.2. The van der Waals surface area contributed by atoms with E-state index >= 15 is 0 Å². The van der Waals surface area contributed by atoms with E-state index in [4.69, 9.17) is 9.47 Å². The summed E-state index contributed by atoms with van der Waals surface area (Å²) < 4.78 is 11.8. The highest BCUT2D eigenvalue weighted by atomic mass is 16.5. The monoisotopic (exact) mass is 673 g/mol. The molecule has 274 valence electrons. The molecule has 3 saturated carbocycles. The Hall–Kier alpha value is -2.03. The fourth-order valence-electron chi connectivity index (χ4n) is 11.3. The number of rotatable bonds is 19. The van der Waals surface area contributed by atoms with Gasteiger partial charge >= 0.3 is 5.97 Å². The fourth-order valence-corrected chi connectivity index (χ4v) is 11.3. The standard InChI is InChI=1S/C46H72O3/c1-35(2)18-17-19-36(3)41-25-26-42-40-24-23-38-34-39(27-30-45(38,4)43(40)28-31-46(41,42)5)49-44(47)22-15-10-8-6-7-9-11-16-32-48-33-29-37-20-13-12-14-21-37/h12-14,20-21,23,29,33,35-36,39-43H,6-11,15-19,22,24-28,30-32,34H2,1-5H3/b33-29+/t36-,39+,40+,41-,42+,43+,45+,46-/m1/s1. The summed E-state index contributed by atoms with van der Waals surface area (Å²) >= 11 is 0. The SMILES string of the molecule is CC(C)CCC[C@@H](C)[C@H]1CC[C@H]2[C@@H]3CC=C4C[C@@H](OC(=O)CCCCCCCCCCO/C=C/c5ccccc5)CC[C@]4(C)[C@H]3CC[C@]12C. The second kappa shape index (κ2) is 18.5. The van der Waals surface area contributed by atoms with Gasteiger partial charge in [-0.05, 0) is 116 Å². The molecule has 0 aliphatic heterocycles. The summed E-state index contributed by atoms with van der Waals surface area (Å²) in [6.45, 7) is 13.4. The molecule has 3 nitrogen and oxygen atoms in total. The van der Waals surface area contributed by atoms with Crippen molar-refractivity contribution in [3.63, 3.8) is 0 Å². The van der Waals surface area contributed by atoms with Gasteiger partial charge in [-0.2, -0.15) is 0 Å². The molecule has 0 saturated heterocycles. The van der Waals surface area contributed by atoms with Crippen LogP contribution in [0.4, 0.5) is 0 Å². The minimum atomic E-state index is 0.0390. The van der Waals surface area contributed by atoms with Gasteiger partial charge in [-0.15, -0.1) is 0 Å². The molecule has 4 aliphatic carbocycles. The van der Waals surface area contributed by atoms with Crippen molar-refractivity contribution in [2.24, 2.45) is 46.3 Å². The molecule has 0 aromatic heterocycles. The van der Waals surface area contributed by atoms with Gasteiger partial charge < -0.3 is 9.47 Å². The van der Waals surface area contributed by atoms with Crippen LogP contribution in [0, 0.1) is 46.3 Å². The topological polar surface area (TPSA) is 35.5 Å². The number of allylic oxidation sites excluding steroid dienone is 1. The van der Waals surface area contributed by atoms with Gasteiger partial charge in [0.2, 0.25) is 0 Å². The average molecular weight is 673 g/mol. The van der Waals surface area contributed by atoms with Crippen LogP contribution in [-0.4, -0.2) is 18.7 Å². The smallest absolute Gasteiger partial charge is 0.306 e. The zero-order chi connectivity index (χ0) is 34.7. The van der Waals surface area contributed by atoms with Crippen molar-refractivity contribution in [3.8, 4) is 0 Å². The van der Waals surface area contributed by atoms with E-state index < -0.39 is 0 Å². The lowest BCUT2D eigenvalue weighted by Crippen LogP contribution is -2.51. The molecule has 8 atom stereocenters. The molecule has 0 spiro atoms. The van der Waals surface area contributed by atoms with Crippen molar-refractivity contribution in [1.29, 1.82) is 0 Å². The van der Waals surface area contributed by atoms with E-state index in [9.17, 15) is 4.79 Å². The van der Waals surface area contributed by atoms with Crippen LogP contribution in [0.5, 0.6) is 0 Å². The number of unbranched alkanes of at least 4 members (excludes halogenated alkanes) is 7. The van der Waals surface area contributed by atoms with Crippen LogP contribution in [0.3, 0.4) is 0 Å². The number of esters is 1. The van der Waals surface area contributed by atoms with Crippen LogP contribution in [0.25, 0.3) is 6.08 Å². The third kappa shape index (κ3) is 10.1. The number of fused-ring (bicyclic) bond motifs is 5. The quantitative estimate of drug-likeness (QED) is 0.0635. The highest BCUT2D eigenvalue weighted by molar-refractivity contribution is 5.69. The second-order valence-corrected chi connectivity index (χ2v) is 17.8. The number of carbonyl (C=O) groups is 1. The van der Waals surface area contributed by atoms with E-state index in [1.165, 1.54) is 95.5 Å². The van der Waals surface area contributed by atoms with E-state index in [2.05, 4.69) is 52.8 Å². The maximum absolute atomic E-state index is 12.8. The van der Waals surface area contributed by atoms with Gasteiger partial charge in [-0.1, -0.05) is 134 Å². The van der Waals surface area contributed by atoms with Gasteiger partial charge in [0.25, 0.3) is 0 Å². The van der Waals surface area contributed by atoms with Crippen molar-refractivity contribution in [2.45, 2.75) is 169 Å². The summed E-state index contributed by atoms with van der Waals surface area (Å²) in [5, 5.41) is 0. The minimum Gasteiger partial charge on any atom is -0.501 e. The van der Waals surface area contributed by atoms with E-state index in [0.717, 1.165) is 74.2 Å². The molecule has 0 amide bonds. The number of carbonyl (C=O) groups excluding carboxylic acids is 1. The van der Waals surface area contributed by atoms with Gasteiger partial charge in [0.05, 0.1) is 12.9 Å². The molecule has 0 radical (unpaired) electrons. The summed E-state index contributed by atoms with van der Waals surface area (Å²) in [4.78, 5) is 12.8. The van der Waals surface area contributed by atoms with Crippen LogP contribution in [0.15, 0.2) is 48.2 Å². The summed E-state index contributed by atoms with van der Waals surface area (Å²) in [6, 6.07) is 10.3.